The molecule has 0 unspecified atom stereocenters. The molecule has 0 aromatic heterocycles. The Hall–Kier alpha value is -4.19. The molecule has 2 aromatic carbocycles. The van der Waals surface area contributed by atoms with Crippen molar-refractivity contribution in [2.24, 2.45) is 0 Å². The van der Waals surface area contributed by atoms with Crippen LogP contribution in [0.25, 0.3) is 6.08 Å². The smallest absolute Gasteiger partial charge is 0.335 e. The van der Waals surface area contributed by atoms with Gasteiger partial charge in [0.1, 0.15) is 17.3 Å². The minimum atomic E-state index is -1.10. The Kier molecular flexibility index (Phi) is 5.86. The average molecular weight is 366 g/mol. The maximum Gasteiger partial charge on any atom is 0.335 e. The fraction of sp³-hybridized carbons (Fsp3) is 0.0556. The summed E-state index contributed by atoms with van der Waals surface area (Å²) in [7, 11) is 1.54. The second kappa shape index (κ2) is 8.26. The number of anilines is 2. The van der Waals surface area contributed by atoms with Gasteiger partial charge in [-0.25, -0.2) is 4.79 Å². The van der Waals surface area contributed by atoms with Crippen LogP contribution in [0.1, 0.15) is 15.9 Å². The van der Waals surface area contributed by atoms with Crippen LogP contribution in [0.5, 0.6) is 0 Å². The molecule has 0 radical (unpaired) electrons. The number of aromatic carboxylic acids is 1. The zero-order valence-electron chi connectivity index (χ0n) is 14.1. The Morgan fingerprint density at radius 3 is 2.41 bits per heavy atom. The summed E-state index contributed by atoms with van der Waals surface area (Å²) in [6, 6.07) is 11.4. The third kappa shape index (κ3) is 4.67. The van der Waals surface area contributed by atoms with E-state index in [4.69, 9.17) is 5.11 Å². The Morgan fingerprint density at radius 2 is 1.89 bits per heavy atom. The highest BCUT2D eigenvalue weighted by Crippen LogP contribution is 2.26. The fourth-order valence-electron chi connectivity index (χ4n) is 2.21. The van der Waals surface area contributed by atoms with Crippen molar-refractivity contribution >= 4 is 35.0 Å². The van der Waals surface area contributed by atoms with Crippen LogP contribution in [-0.2, 0) is 4.79 Å². The normalized spacial score (nSPS) is 10.6. The number of hydrogen-bond acceptors (Lipinski definition) is 6. The average Bonchev–Trinajstić information content (AvgIpc) is 2.66. The van der Waals surface area contributed by atoms with Gasteiger partial charge in [0.05, 0.1) is 10.5 Å². The zero-order chi connectivity index (χ0) is 20.0. The Balaban J connectivity index is 2.26. The summed E-state index contributed by atoms with van der Waals surface area (Å²) < 4.78 is 0. The molecule has 0 aliphatic rings. The number of carbonyl (C=O) groups is 2. The summed E-state index contributed by atoms with van der Waals surface area (Å²) >= 11 is 0. The van der Waals surface area contributed by atoms with E-state index in [1.807, 2.05) is 0 Å². The molecule has 27 heavy (non-hydrogen) atoms. The van der Waals surface area contributed by atoms with Crippen molar-refractivity contribution in [2.75, 3.05) is 17.7 Å². The van der Waals surface area contributed by atoms with E-state index < -0.39 is 16.8 Å². The van der Waals surface area contributed by atoms with E-state index in [-0.39, 0.29) is 16.8 Å². The van der Waals surface area contributed by atoms with Crippen LogP contribution in [-0.4, -0.2) is 29.0 Å². The predicted octanol–water partition coefficient (Wildman–Crippen LogP) is 2.88. The minimum absolute atomic E-state index is 0.0565. The molecule has 3 N–H and O–H groups in total. The molecule has 2 aromatic rings. The summed E-state index contributed by atoms with van der Waals surface area (Å²) in [5, 5.41) is 34.3. The Morgan fingerprint density at radius 1 is 1.22 bits per heavy atom. The lowest BCUT2D eigenvalue weighted by Gasteiger charge is -2.06. The van der Waals surface area contributed by atoms with Gasteiger partial charge in [-0.1, -0.05) is 6.07 Å². The summed E-state index contributed by atoms with van der Waals surface area (Å²) in [6.45, 7) is 0. The zero-order valence-corrected chi connectivity index (χ0v) is 14.1. The van der Waals surface area contributed by atoms with Gasteiger partial charge in [-0.2, -0.15) is 5.26 Å². The second-order valence-corrected chi connectivity index (χ2v) is 5.29. The van der Waals surface area contributed by atoms with Crippen molar-refractivity contribution in [1.29, 1.82) is 5.26 Å². The Labute approximate surface area is 153 Å². The highest BCUT2D eigenvalue weighted by Gasteiger charge is 2.15. The van der Waals surface area contributed by atoms with Gasteiger partial charge in [0.25, 0.3) is 11.6 Å². The highest BCUT2D eigenvalue weighted by molar-refractivity contribution is 6.09. The first-order valence-corrected chi connectivity index (χ1v) is 7.58. The van der Waals surface area contributed by atoms with Gasteiger partial charge < -0.3 is 15.7 Å². The van der Waals surface area contributed by atoms with E-state index in [0.717, 1.165) is 0 Å². The molecule has 0 atom stereocenters. The lowest BCUT2D eigenvalue weighted by molar-refractivity contribution is -0.384. The van der Waals surface area contributed by atoms with Crippen LogP contribution in [0.3, 0.4) is 0 Å². The van der Waals surface area contributed by atoms with Crippen molar-refractivity contribution in [3.63, 3.8) is 0 Å². The van der Waals surface area contributed by atoms with Gasteiger partial charge >= 0.3 is 5.97 Å². The fourth-order valence-corrected chi connectivity index (χ4v) is 2.21. The maximum atomic E-state index is 12.2. The third-order valence-corrected chi connectivity index (χ3v) is 3.55. The number of hydrogen-bond donors (Lipinski definition) is 3. The number of nitrogens with zero attached hydrogens (tertiary/aromatic N) is 2. The molecule has 0 saturated carbocycles. The van der Waals surface area contributed by atoms with E-state index in [9.17, 15) is 25.0 Å². The molecule has 1 amide bonds. The number of benzene rings is 2. The largest absolute Gasteiger partial charge is 0.478 e. The van der Waals surface area contributed by atoms with Crippen LogP contribution in [0, 0.1) is 21.4 Å². The lowest BCUT2D eigenvalue weighted by atomic mass is 10.1. The summed E-state index contributed by atoms with van der Waals surface area (Å²) in [5.74, 6) is -1.82. The number of nitro groups is 1. The van der Waals surface area contributed by atoms with E-state index >= 15 is 0 Å². The second-order valence-electron chi connectivity index (χ2n) is 5.29. The number of nitrogens with one attached hydrogen (secondary N) is 2. The van der Waals surface area contributed by atoms with E-state index in [2.05, 4.69) is 10.6 Å². The number of carboxylic acids is 1. The molecule has 0 saturated heterocycles. The standard InChI is InChI=1S/C18H14N4O5/c1-20-15-7-2-11(9-16(15)22(26)27)8-13(10-19)17(23)21-14-5-3-12(4-6-14)18(24)25/h2-9,20H,1H3,(H,21,23)(H,24,25)/b13-8+. The molecule has 0 bridgehead atoms. The number of carbonyl (C=O) groups excluding carboxylic acids is 1. The van der Waals surface area contributed by atoms with Gasteiger partial charge in [0, 0.05) is 18.8 Å². The number of rotatable bonds is 6. The number of amides is 1. The van der Waals surface area contributed by atoms with Crippen LogP contribution in [0.2, 0.25) is 0 Å². The Bertz CT molecular complexity index is 974. The van der Waals surface area contributed by atoms with Gasteiger partial charge in [-0.05, 0) is 42.0 Å². The van der Waals surface area contributed by atoms with Crippen molar-refractivity contribution < 1.29 is 19.6 Å². The van der Waals surface area contributed by atoms with Crippen LogP contribution >= 0.6 is 0 Å². The van der Waals surface area contributed by atoms with Crippen LogP contribution in [0.4, 0.5) is 17.1 Å². The highest BCUT2D eigenvalue weighted by atomic mass is 16.6. The molecule has 0 aliphatic heterocycles. The van der Waals surface area contributed by atoms with Gasteiger partial charge in [0.2, 0.25) is 0 Å². The van der Waals surface area contributed by atoms with E-state index in [0.29, 0.717) is 16.9 Å². The predicted molar refractivity (Wildman–Crippen MR) is 98.3 cm³/mol. The maximum absolute atomic E-state index is 12.2. The monoisotopic (exact) mass is 366 g/mol. The van der Waals surface area contributed by atoms with Gasteiger partial charge in [0.15, 0.2) is 0 Å². The van der Waals surface area contributed by atoms with Gasteiger partial charge in [-0.15, -0.1) is 0 Å². The SMILES string of the molecule is CNc1ccc(/C=C(\C#N)C(=O)Nc2ccc(C(=O)O)cc2)cc1[N+](=O)[O-]. The summed E-state index contributed by atoms with van der Waals surface area (Å²) in [4.78, 5) is 33.6. The molecule has 0 aliphatic carbocycles. The molecular weight excluding hydrogens is 352 g/mol. The molecule has 136 valence electrons. The number of nitro benzene ring substituents is 1. The van der Waals surface area contributed by atoms with Crippen LogP contribution < -0.4 is 10.6 Å². The van der Waals surface area contributed by atoms with Crippen molar-refractivity contribution in [3.8, 4) is 6.07 Å². The first-order chi connectivity index (χ1) is 12.8. The molecule has 0 heterocycles. The number of nitriles is 1. The van der Waals surface area contributed by atoms with E-state index in [1.165, 1.54) is 48.5 Å². The van der Waals surface area contributed by atoms with Crippen molar-refractivity contribution in [1.82, 2.24) is 0 Å². The first-order valence-electron chi connectivity index (χ1n) is 7.58. The molecule has 9 heteroatoms. The molecular formula is C18H14N4O5. The topological polar surface area (TPSA) is 145 Å². The van der Waals surface area contributed by atoms with E-state index in [1.54, 1.807) is 13.1 Å². The molecule has 0 spiro atoms. The summed E-state index contributed by atoms with van der Waals surface area (Å²) in [6.07, 6.45) is 1.23. The molecule has 2 rings (SSSR count). The minimum Gasteiger partial charge on any atom is -0.478 e. The molecule has 9 nitrogen and oxygen atoms in total. The van der Waals surface area contributed by atoms with Crippen LogP contribution in [0.15, 0.2) is 48.0 Å². The number of carboxylic acid groups (broad SMARTS) is 1. The first kappa shape index (κ1) is 19.1. The lowest BCUT2D eigenvalue weighted by Crippen LogP contribution is -2.13. The van der Waals surface area contributed by atoms with Gasteiger partial charge in [-0.3, -0.25) is 14.9 Å². The molecule has 0 fully saturated rings. The summed E-state index contributed by atoms with van der Waals surface area (Å²) in [5.41, 5.74) is 0.535. The van der Waals surface area contributed by atoms with Crippen molar-refractivity contribution in [2.45, 2.75) is 0 Å². The quantitative estimate of drug-likeness (QED) is 0.308. The van der Waals surface area contributed by atoms with Crippen molar-refractivity contribution in [3.05, 3.63) is 69.3 Å². The third-order valence-electron chi connectivity index (χ3n) is 3.55.